The SMILES string of the molecule is Cc1[nH]nc2c1C(c1ccccc1OCc1ccc(Cl)cc1)C(C#N)=C(N)O2. The highest BCUT2D eigenvalue weighted by molar-refractivity contribution is 6.30. The molecule has 0 saturated carbocycles. The fraction of sp³-hybridized carbons (Fsp3) is 0.143. The van der Waals surface area contributed by atoms with E-state index in [-0.39, 0.29) is 5.88 Å². The first-order valence-electron chi connectivity index (χ1n) is 8.67. The Morgan fingerprint density at radius 1 is 1.25 bits per heavy atom. The molecule has 1 atom stereocenters. The quantitative estimate of drug-likeness (QED) is 0.694. The van der Waals surface area contributed by atoms with Crippen LogP contribution >= 0.6 is 11.6 Å². The molecule has 0 spiro atoms. The molecule has 0 fully saturated rings. The van der Waals surface area contributed by atoms with E-state index in [0.717, 1.165) is 22.4 Å². The van der Waals surface area contributed by atoms with E-state index in [1.807, 2.05) is 55.5 Å². The van der Waals surface area contributed by atoms with Crippen LogP contribution in [0.2, 0.25) is 5.02 Å². The lowest BCUT2D eigenvalue weighted by molar-refractivity contribution is 0.301. The summed E-state index contributed by atoms with van der Waals surface area (Å²) in [5, 5.41) is 17.5. The molecular weight excluding hydrogens is 376 g/mol. The monoisotopic (exact) mass is 392 g/mol. The Bertz CT molecular complexity index is 1100. The van der Waals surface area contributed by atoms with E-state index in [1.54, 1.807) is 0 Å². The lowest BCUT2D eigenvalue weighted by Crippen LogP contribution is -2.21. The first kappa shape index (κ1) is 18.0. The van der Waals surface area contributed by atoms with Crippen molar-refractivity contribution in [1.82, 2.24) is 10.2 Å². The van der Waals surface area contributed by atoms with Gasteiger partial charge in [-0.3, -0.25) is 5.10 Å². The minimum Gasteiger partial charge on any atom is -0.489 e. The standard InChI is InChI=1S/C21H17ClN4O2/c1-12-18-19(16(10-23)20(24)28-21(18)26-25-12)15-4-2-3-5-17(15)27-11-13-6-8-14(22)9-7-13/h2-9,19H,11,24H2,1H3,(H,25,26). The summed E-state index contributed by atoms with van der Waals surface area (Å²) in [6, 6.07) is 17.3. The van der Waals surface area contributed by atoms with Gasteiger partial charge in [0.25, 0.3) is 0 Å². The smallest absolute Gasteiger partial charge is 0.244 e. The van der Waals surface area contributed by atoms with Crippen LogP contribution in [0, 0.1) is 18.3 Å². The average molecular weight is 393 g/mol. The summed E-state index contributed by atoms with van der Waals surface area (Å²) in [7, 11) is 0. The molecule has 1 aliphatic heterocycles. The number of nitriles is 1. The first-order valence-corrected chi connectivity index (χ1v) is 9.05. The number of aryl methyl sites for hydroxylation is 1. The molecule has 3 N–H and O–H groups in total. The van der Waals surface area contributed by atoms with Crippen molar-refractivity contribution in [3.63, 3.8) is 0 Å². The van der Waals surface area contributed by atoms with Gasteiger partial charge in [-0.2, -0.15) is 5.26 Å². The number of aromatic nitrogens is 2. The fourth-order valence-corrected chi connectivity index (χ4v) is 3.43. The van der Waals surface area contributed by atoms with Crippen molar-refractivity contribution in [2.45, 2.75) is 19.4 Å². The van der Waals surface area contributed by atoms with E-state index in [0.29, 0.717) is 28.8 Å². The molecule has 0 amide bonds. The topological polar surface area (TPSA) is 97.0 Å². The summed E-state index contributed by atoms with van der Waals surface area (Å²) in [5.41, 5.74) is 9.74. The molecule has 140 valence electrons. The number of halogens is 1. The third kappa shape index (κ3) is 3.17. The van der Waals surface area contributed by atoms with Crippen LogP contribution < -0.4 is 15.2 Å². The second-order valence-corrected chi connectivity index (χ2v) is 6.88. The van der Waals surface area contributed by atoms with Gasteiger partial charge in [-0.1, -0.05) is 41.9 Å². The molecule has 1 aromatic heterocycles. The maximum Gasteiger partial charge on any atom is 0.244 e. The number of ether oxygens (including phenoxy) is 2. The molecule has 28 heavy (non-hydrogen) atoms. The van der Waals surface area contributed by atoms with Crippen LogP contribution in [-0.4, -0.2) is 10.2 Å². The zero-order chi connectivity index (χ0) is 19.7. The Morgan fingerprint density at radius 2 is 2.00 bits per heavy atom. The summed E-state index contributed by atoms with van der Waals surface area (Å²) in [6.07, 6.45) is 0. The highest BCUT2D eigenvalue weighted by Crippen LogP contribution is 2.45. The molecule has 1 aliphatic rings. The van der Waals surface area contributed by atoms with Gasteiger partial charge in [-0.25, -0.2) is 0 Å². The minimum absolute atomic E-state index is 0.0546. The molecule has 0 aliphatic carbocycles. The first-order chi connectivity index (χ1) is 13.6. The number of nitrogens with zero attached hydrogens (tertiary/aromatic N) is 2. The number of H-pyrrole nitrogens is 1. The number of hydrogen-bond donors (Lipinski definition) is 2. The molecule has 1 unspecified atom stereocenters. The second-order valence-electron chi connectivity index (χ2n) is 6.45. The lowest BCUT2D eigenvalue weighted by atomic mass is 9.83. The van der Waals surface area contributed by atoms with Crippen LogP contribution in [0.4, 0.5) is 0 Å². The van der Waals surface area contributed by atoms with Crippen molar-refractivity contribution >= 4 is 11.6 Å². The molecule has 3 aromatic rings. The van der Waals surface area contributed by atoms with E-state index in [4.69, 9.17) is 26.8 Å². The van der Waals surface area contributed by atoms with Gasteiger partial charge in [0.2, 0.25) is 11.8 Å². The Labute approximate surface area is 167 Å². The maximum absolute atomic E-state index is 9.72. The van der Waals surface area contributed by atoms with Crippen molar-refractivity contribution in [1.29, 1.82) is 5.26 Å². The molecule has 4 rings (SSSR count). The zero-order valence-corrected chi connectivity index (χ0v) is 15.8. The normalized spacial score (nSPS) is 15.5. The fourth-order valence-electron chi connectivity index (χ4n) is 3.30. The highest BCUT2D eigenvalue weighted by atomic mass is 35.5. The third-order valence-electron chi connectivity index (χ3n) is 4.67. The van der Waals surface area contributed by atoms with Crippen molar-refractivity contribution in [3.05, 3.63) is 87.4 Å². The van der Waals surface area contributed by atoms with Gasteiger partial charge >= 0.3 is 0 Å². The van der Waals surface area contributed by atoms with Crippen LogP contribution in [0.5, 0.6) is 11.6 Å². The van der Waals surface area contributed by atoms with E-state index in [2.05, 4.69) is 16.3 Å². The van der Waals surface area contributed by atoms with Crippen LogP contribution in [0.3, 0.4) is 0 Å². The Kier molecular flexibility index (Phi) is 4.68. The van der Waals surface area contributed by atoms with Crippen molar-refractivity contribution < 1.29 is 9.47 Å². The second kappa shape index (κ2) is 7.29. The molecular formula is C21H17ClN4O2. The van der Waals surface area contributed by atoms with Crippen molar-refractivity contribution in [2.75, 3.05) is 0 Å². The summed E-state index contributed by atoms with van der Waals surface area (Å²) < 4.78 is 11.6. The van der Waals surface area contributed by atoms with Gasteiger partial charge < -0.3 is 15.2 Å². The number of hydrogen-bond acceptors (Lipinski definition) is 5. The predicted octanol–water partition coefficient (Wildman–Crippen LogP) is 4.17. The van der Waals surface area contributed by atoms with Gasteiger partial charge in [-0.15, -0.1) is 5.10 Å². The van der Waals surface area contributed by atoms with Gasteiger partial charge in [0.15, 0.2) is 0 Å². The lowest BCUT2D eigenvalue weighted by Gasteiger charge is -2.25. The number of allylic oxidation sites excluding steroid dienone is 1. The van der Waals surface area contributed by atoms with E-state index in [1.165, 1.54) is 0 Å². The van der Waals surface area contributed by atoms with Gasteiger partial charge in [0.05, 0.1) is 5.92 Å². The largest absolute Gasteiger partial charge is 0.489 e. The van der Waals surface area contributed by atoms with Gasteiger partial charge in [0, 0.05) is 21.8 Å². The third-order valence-corrected chi connectivity index (χ3v) is 4.92. The van der Waals surface area contributed by atoms with E-state index < -0.39 is 5.92 Å². The Balaban J connectivity index is 1.74. The molecule has 0 radical (unpaired) electrons. The molecule has 0 bridgehead atoms. The summed E-state index contributed by atoms with van der Waals surface area (Å²) in [4.78, 5) is 0. The predicted molar refractivity (Wildman–Crippen MR) is 105 cm³/mol. The number of nitrogens with two attached hydrogens (primary N) is 1. The number of aromatic amines is 1. The number of nitrogens with one attached hydrogen (secondary N) is 1. The molecule has 2 heterocycles. The average Bonchev–Trinajstić information content (AvgIpc) is 3.07. The molecule has 0 saturated heterocycles. The van der Waals surface area contributed by atoms with Gasteiger partial charge in [0.1, 0.15) is 24.0 Å². The maximum atomic E-state index is 9.72. The Hall–Kier alpha value is -3.43. The van der Waals surface area contributed by atoms with Crippen LogP contribution in [0.25, 0.3) is 0 Å². The van der Waals surface area contributed by atoms with E-state index in [9.17, 15) is 5.26 Å². The number of fused-ring (bicyclic) bond motifs is 1. The minimum atomic E-state index is -0.422. The molecule has 6 nitrogen and oxygen atoms in total. The number of benzene rings is 2. The van der Waals surface area contributed by atoms with Gasteiger partial charge in [-0.05, 0) is 30.7 Å². The van der Waals surface area contributed by atoms with Crippen molar-refractivity contribution in [3.8, 4) is 17.7 Å². The summed E-state index contributed by atoms with van der Waals surface area (Å²) >= 11 is 5.94. The Morgan fingerprint density at radius 3 is 2.75 bits per heavy atom. The van der Waals surface area contributed by atoms with Crippen LogP contribution in [0.1, 0.15) is 28.3 Å². The molecule has 7 heteroatoms. The van der Waals surface area contributed by atoms with Crippen LogP contribution in [-0.2, 0) is 6.61 Å². The van der Waals surface area contributed by atoms with E-state index >= 15 is 0 Å². The van der Waals surface area contributed by atoms with Crippen molar-refractivity contribution in [2.24, 2.45) is 5.73 Å². The number of para-hydroxylation sites is 1. The highest BCUT2D eigenvalue weighted by Gasteiger charge is 2.35. The number of rotatable bonds is 4. The summed E-state index contributed by atoms with van der Waals surface area (Å²) in [5.74, 6) is 0.677. The zero-order valence-electron chi connectivity index (χ0n) is 15.1. The van der Waals surface area contributed by atoms with Crippen LogP contribution in [0.15, 0.2) is 60.0 Å². The summed E-state index contributed by atoms with van der Waals surface area (Å²) in [6.45, 7) is 2.26. The molecule has 2 aromatic carbocycles.